The molecule has 1 aromatic heterocycles. The monoisotopic (exact) mass is 463 g/mol. The van der Waals surface area contributed by atoms with E-state index < -0.39 is 0 Å². The Kier molecular flexibility index (Phi) is 6.08. The number of anilines is 1. The van der Waals surface area contributed by atoms with Crippen molar-refractivity contribution in [2.75, 3.05) is 25.6 Å². The molecule has 1 aliphatic heterocycles. The van der Waals surface area contributed by atoms with Gasteiger partial charge in [0.1, 0.15) is 13.2 Å². The zero-order valence-corrected chi connectivity index (χ0v) is 18.0. The van der Waals surface area contributed by atoms with Crippen molar-refractivity contribution in [3.63, 3.8) is 0 Å². The summed E-state index contributed by atoms with van der Waals surface area (Å²) >= 11 is 13.4. The Morgan fingerprint density at radius 1 is 1.17 bits per heavy atom. The number of halogens is 2. The molecule has 0 spiro atoms. The standard InChI is InChI=1S/C20H15Cl2N3O4S/c1-27-15-9-11(10-16-17(15)29-7-6-28-16)8-14(22)19-24-25-20(30-19)18(26)23-13-4-2-12(21)3-5-13/h2-5,8-10H,6-7H2,1H3,(H,23,26)/b14-8-. The molecule has 30 heavy (non-hydrogen) atoms. The van der Waals surface area contributed by atoms with Gasteiger partial charge < -0.3 is 19.5 Å². The number of hydrogen-bond donors (Lipinski definition) is 1. The van der Waals surface area contributed by atoms with Gasteiger partial charge in [-0.1, -0.05) is 34.5 Å². The summed E-state index contributed by atoms with van der Waals surface area (Å²) in [5.41, 5.74) is 1.34. The third-order valence-electron chi connectivity index (χ3n) is 4.07. The van der Waals surface area contributed by atoms with Crippen LogP contribution in [0.2, 0.25) is 5.02 Å². The van der Waals surface area contributed by atoms with Crippen LogP contribution in [0.15, 0.2) is 36.4 Å². The highest BCUT2D eigenvalue weighted by Gasteiger charge is 2.19. The summed E-state index contributed by atoms with van der Waals surface area (Å²) in [5, 5.41) is 12.2. The summed E-state index contributed by atoms with van der Waals surface area (Å²) in [6.07, 6.45) is 1.70. The summed E-state index contributed by atoms with van der Waals surface area (Å²) in [6, 6.07) is 10.3. The number of hydrogen-bond acceptors (Lipinski definition) is 7. The number of ether oxygens (including phenoxy) is 3. The van der Waals surface area contributed by atoms with Gasteiger partial charge in [-0.15, -0.1) is 10.2 Å². The first kappa shape index (κ1) is 20.5. The van der Waals surface area contributed by atoms with Gasteiger partial charge in [-0.3, -0.25) is 4.79 Å². The zero-order chi connectivity index (χ0) is 21.1. The summed E-state index contributed by atoms with van der Waals surface area (Å²) in [5.74, 6) is 1.31. The lowest BCUT2D eigenvalue weighted by molar-refractivity contribution is 0.102. The van der Waals surface area contributed by atoms with Crippen LogP contribution in [0.1, 0.15) is 20.4 Å². The van der Waals surface area contributed by atoms with Crippen molar-refractivity contribution in [1.82, 2.24) is 10.2 Å². The Hall–Kier alpha value is -2.81. The van der Waals surface area contributed by atoms with Gasteiger partial charge in [0, 0.05) is 10.7 Å². The van der Waals surface area contributed by atoms with Gasteiger partial charge in [0.05, 0.1) is 12.1 Å². The van der Waals surface area contributed by atoms with Crippen LogP contribution in [0.4, 0.5) is 5.69 Å². The number of aromatic nitrogens is 2. The molecule has 0 fully saturated rings. The predicted molar refractivity (Wildman–Crippen MR) is 117 cm³/mol. The van der Waals surface area contributed by atoms with Gasteiger partial charge in [0.25, 0.3) is 5.91 Å². The van der Waals surface area contributed by atoms with Gasteiger partial charge in [-0.25, -0.2) is 0 Å². The SMILES string of the molecule is COc1cc(/C=C(\Cl)c2nnc(C(=O)Nc3ccc(Cl)cc3)s2)cc2c1OCCO2. The van der Waals surface area contributed by atoms with E-state index in [4.69, 9.17) is 37.4 Å². The first-order chi connectivity index (χ1) is 14.5. The number of fused-ring (bicyclic) bond motifs is 1. The molecule has 7 nitrogen and oxygen atoms in total. The van der Waals surface area contributed by atoms with E-state index in [1.165, 1.54) is 0 Å². The second kappa shape index (κ2) is 8.91. The lowest BCUT2D eigenvalue weighted by Gasteiger charge is -2.21. The number of nitrogens with zero attached hydrogens (tertiary/aromatic N) is 2. The van der Waals surface area contributed by atoms with Crippen molar-refractivity contribution in [3.05, 3.63) is 57.0 Å². The van der Waals surface area contributed by atoms with E-state index in [0.717, 1.165) is 16.9 Å². The van der Waals surface area contributed by atoms with Gasteiger partial charge in [0.2, 0.25) is 10.8 Å². The minimum atomic E-state index is -0.383. The molecule has 0 unspecified atom stereocenters. The predicted octanol–water partition coefficient (Wildman–Crippen LogP) is 4.96. The fourth-order valence-electron chi connectivity index (χ4n) is 2.71. The average Bonchev–Trinajstić information content (AvgIpc) is 3.25. The molecule has 0 radical (unpaired) electrons. The number of benzene rings is 2. The molecule has 0 saturated heterocycles. The molecule has 1 amide bonds. The Morgan fingerprint density at radius 2 is 1.90 bits per heavy atom. The molecule has 10 heteroatoms. The number of carbonyl (C=O) groups excluding carboxylic acids is 1. The number of amides is 1. The first-order valence-corrected chi connectivity index (χ1v) is 10.4. The van der Waals surface area contributed by atoms with Crippen molar-refractivity contribution >= 4 is 57.2 Å². The molecule has 0 atom stereocenters. The highest BCUT2D eigenvalue weighted by Crippen LogP contribution is 2.41. The Morgan fingerprint density at radius 3 is 2.67 bits per heavy atom. The Balaban J connectivity index is 1.53. The van der Waals surface area contributed by atoms with E-state index in [1.54, 1.807) is 49.6 Å². The van der Waals surface area contributed by atoms with Crippen molar-refractivity contribution < 1.29 is 19.0 Å². The third-order valence-corrected chi connectivity index (χ3v) is 5.68. The number of methoxy groups -OCH3 is 1. The van der Waals surface area contributed by atoms with Gasteiger partial charge >= 0.3 is 0 Å². The van der Waals surface area contributed by atoms with Crippen molar-refractivity contribution in [1.29, 1.82) is 0 Å². The van der Waals surface area contributed by atoms with E-state index in [2.05, 4.69) is 15.5 Å². The minimum Gasteiger partial charge on any atom is -0.493 e. The van der Waals surface area contributed by atoms with Crippen molar-refractivity contribution in [2.24, 2.45) is 0 Å². The largest absolute Gasteiger partial charge is 0.493 e. The average molecular weight is 464 g/mol. The molecule has 2 aromatic carbocycles. The molecule has 154 valence electrons. The molecule has 1 N–H and O–H groups in total. The summed E-state index contributed by atoms with van der Waals surface area (Å²) in [6.45, 7) is 0.921. The van der Waals surface area contributed by atoms with Crippen molar-refractivity contribution in [3.8, 4) is 17.2 Å². The van der Waals surface area contributed by atoms with E-state index in [-0.39, 0.29) is 10.9 Å². The molecule has 0 aliphatic carbocycles. The van der Waals surface area contributed by atoms with Crippen LogP contribution in [0.5, 0.6) is 17.2 Å². The molecular formula is C20H15Cl2N3O4S. The first-order valence-electron chi connectivity index (χ1n) is 8.79. The number of carbonyl (C=O) groups is 1. The topological polar surface area (TPSA) is 82.6 Å². The maximum Gasteiger partial charge on any atom is 0.286 e. The molecule has 2 heterocycles. The molecule has 0 bridgehead atoms. The molecule has 0 saturated carbocycles. The fraction of sp³-hybridized carbons (Fsp3) is 0.150. The Labute approximate surface area is 186 Å². The normalized spacial score (nSPS) is 13.1. The van der Waals surface area contributed by atoms with Crippen molar-refractivity contribution in [2.45, 2.75) is 0 Å². The molecule has 3 aromatic rings. The highest BCUT2D eigenvalue weighted by atomic mass is 35.5. The number of rotatable bonds is 5. The van der Waals surface area contributed by atoms with E-state index in [0.29, 0.717) is 51.2 Å². The Bertz CT molecular complexity index is 1100. The third kappa shape index (κ3) is 4.51. The quantitative estimate of drug-likeness (QED) is 0.575. The zero-order valence-electron chi connectivity index (χ0n) is 15.6. The maximum absolute atomic E-state index is 12.4. The van der Waals surface area contributed by atoms with Gasteiger partial charge in [-0.05, 0) is 48.0 Å². The van der Waals surface area contributed by atoms with E-state index >= 15 is 0 Å². The van der Waals surface area contributed by atoms with Crippen LogP contribution < -0.4 is 19.5 Å². The molecule has 4 rings (SSSR count). The lowest BCUT2D eigenvalue weighted by Crippen LogP contribution is -2.16. The van der Waals surface area contributed by atoms with Crippen LogP contribution in [-0.4, -0.2) is 36.4 Å². The minimum absolute atomic E-state index is 0.186. The van der Waals surface area contributed by atoms with Crippen LogP contribution in [0.25, 0.3) is 11.1 Å². The molecular weight excluding hydrogens is 449 g/mol. The smallest absolute Gasteiger partial charge is 0.286 e. The van der Waals surface area contributed by atoms with Crippen LogP contribution in [0.3, 0.4) is 0 Å². The second-order valence-corrected chi connectivity index (χ2v) is 7.93. The summed E-state index contributed by atoms with van der Waals surface area (Å²) in [4.78, 5) is 12.4. The summed E-state index contributed by atoms with van der Waals surface area (Å²) in [7, 11) is 1.55. The lowest BCUT2D eigenvalue weighted by atomic mass is 10.1. The maximum atomic E-state index is 12.4. The van der Waals surface area contributed by atoms with E-state index in [9.17, 15) is 4.79 Å². The van der Waals surface area contributed by atoms with Crippen LogP contribution in [-0.2, 0) is 0 Å². The fourth-order valence-corrected chi connectivity index (χ4v) is 3.77. The summed E-state index contributed by atoms with van der Waals surface area (Å²) < 4.78 is 16.6. The van der Waals surface area contributed by atoms with Crippen LogP contribution >= 0.6 is 34.5 Å². The highest BCUT2D eigenvalue weighted by molar-refractivity contribution is 7.15. The molecule has 1 aliphatic rings. The van der Waals surface area contributed by atoms with Gasteiger partial charge in [-0.2, -0.15) is 0 Å². The van der Waals surface area contributed by atoms with Crippen LogP contribution in [0, 0.1) is 0 Å². The second-order valence-electron chi connectivity index (χ2n) is 6.11. The number of nitrogens with one attached hydrogen (secondary N) is 1. The van der Waals surface area contributed by atoms with Gasteiger partial charge in [0.15, 0.2) is 16.5 Å². The van der Waals surface area contributed by atoms with E-state index in [1.807, 2.05) is 0 Å².